The minimum Gasteiger partial charge on any atom is -0.545 e. The Bertz CT molecular complexity index is 414. The predicted molar refractivity (Wildman–Crippen MR) is 52.4 cm³/mol. The van der Waals surface area contributed by atoms with Crippen molar-refractivity contribution in [3.63, 3.8) is 0 Å². The fourth-order valence-corrected chi connectivity index (χ4v) is 1.78. The van der Waals surface area contributed by atoms with Crippen molar-refractivity contribution in [3.05, 3.63) is 29.8 Å². The quantitative estimate of drug-likeness (QED) is 0.690. The molecule has 0 unspecified atom stereocenters. The number of rotatable bonds is 2. The lowest BCUT2D eigenvalue weighted by Crippen LogP contribution is -2.29. The molecule has 1 heterocycles. The molecule has 1 saturated heterocycles. The Morgan fingerprint density at radius 1 is 1.33 bits per heavy atom. The van der Waals surface area contributed by atoms with E-state index in [0.717, 1.165) is 6.42 Å². The highest BCUT2D eigenvalue weighted by molar-refractivity contribution is 6.02. The maximum Gasteiger partial charge on any atom is 0.227 e. The number of amides is 1. The van der Waals surface area contributed by atoms with E-state index in [9.17, 15) is 14.7 Å². The Labute approximate surface area is 87.1 Å². The number of carboxylic acid groups (broad SMARTS) is 1. The van der Waals surface area contributed by atoms with Gasteiger partial charge in [0.25, 0.3) is 0 Å². The summed E-state index contributed by atoms with van der Waals surface area (Å²) in [5.74, 6) is -1.27. The van der Waals surface area contributed by atoms with Crippen molar-refractivity contribution >= 4 is 17.6 Å². The molecule has 0 N–H and O–H groups in total. The number of nitrogens with zero attached hydrogens (tertiary/aromatic N) is 1. The zero-order valence-corrected chi connectivity index (χ0v) is 8.10. The normalized spacial score (nSPS) is 15.7. The van der Waals surface area contributed by atoms with Crippen LogP contribution in [0.5, 0.6) is 0 Å². The van der Waals surface area contributed by atoms with Crippen molar-refractivity contribution < 1.29 is 14.7 Å². The molecule has 0 saturated carbocycles. The Balaban J connectivity index is 2.42. The van der Waals surface area contributed by atoms with Crippen LogP contribution in [0.4, 0.5) is 5.69 Å². The van der Waals surface area contributed by atoms with Gasteiger partial charge in [-0.25, -0.2) is 0 Å². The van der Waals surface area contributed by atoms with E-state index in [1.807, 2.05) is 0 Å². The van der Waals surface area contributed by atoms with E-state index >= 15 is 0 Å². The minimum atomic E-state index is -1.25. The zero-order valence-electron chi connectivity index (χ0n) is 8.10. The van der Waals surface area contributed by atoms with Crippen LogP contribution < -0.4 is 10.0 Å². The zero-order chi connectivity index (χ0) is 10.8. The van der Waals surface area contributed by atoms with Crippen molar-refractivity contribution in [3.8, 4) is 0 Å². The van der Waals surface area contributed by atoms with Gasteiger partial charge in [-0.3, -0.25) is 4.79 Å². The van der Waals surface area contributed by atoms with Crippen LogP contribution in [0, 0.1) is 0 Å². The molecular weight excluding hydrogens is 194 g/mol. The van der Waals surface area contributed by atoms with E-state index in [0.29, 0.717) is 18.7 Å². The predicted octanol–water partition coefficient (Wildman–Crippen LogP) is 0.177. The summed E-state index contributed by atoms with van der Waals surface area (Å²) < 4.78 is 0. The SMILES string of the molecule is O=C([O-])c1ccccc1N1CCCC1=O. The summed E-state index contributed by atoms with van der Waals surface area (Å²) >= 11 is 0. The highest BCUT2D eigenvalue weighted by Crippen LogP contribution is 2.24. The van der Waals surface area contributed by atoms with E-state index in [2.05, 4.69) is 0 Å². The molecule has 1 fully saturated rings. The largest absolute Gasteiger partial charge is 0.545 e. The van der Waals surface area contributed by atoms with Crippen molar-refractivity contribution in [2.45, 2.75) is 12.8 Å². The summed E-state index contributed by atoms with van der Waals surface area (Å²) in [6, 6.07) is 6.42. The molecule has 1 aliphatic rings. The lowest BCUT2D eigenvalue weighted by molar-refractivity contribution is -0.254. The van der Waals surface area contributed by atoms with E-state index in [-0.39, 0.29) is 11.5 Å². The smallest absolute Gasteiger partial charge is 0.227 e. The number of anilines is 1. The number of carbonyl (C=O) groups excluding carboxylic acids is 2. The molecular formula is C11H10NO3-. The van der Waals surface area contributed by atoms with Gasteiger partial charge < -0.3 is 14.8 Å². The molecule has 1 aliphatic heterocycles. The van der Waals surface area contributed by atoms with Gasteiger partial charge in [0.1, 0.15) is 0 Å². The van der Waals surface area contributed by atoms with Gasteiger partial charge in [0, 0.05) is 18.5 Å². The van der Waals surface area contributed by atoms with Gasteiger partial charge in [-0.15, -0.1) is 0 Å². The van der Waals surface area contributed by atoms with Gasteiger partial charge in [-0.2, -0.15) is 0 Å². The first-order valence-electron chi connectivity index (χ1n) is 4.81. The number of para-hydroxylation sites is 1. The van der Waals surface area contributed by atoms with E-state index in [4.69, 9.17) is 0 Å². The van der Waals surface area contributed by atoms with Crippen molar-refractivity contribution in [1.82, 2.24) is 0 Å². The fourth-order valence-electron chi connectivity index (χ4n) is 1.78. The highest BCUT2D eigenvalue weighted by atomic mass is 16.4. The molecule has 0 bridgehead atoms. The maximum absolute atomic E-state index is 11.5. The van der Waals surface area contributed by atoms with Gasteiger partial charge >= 0.3 is 0 Å². The van der Waals surface area contributed by atoms with Crippen LogP contribution in [0.2, 0.25) is 0 Å². The Hall–Kier alpha value is -1.84. The summed E-state index contributed by atoms with van der Waals surface area (Å²) in [7, 11) is 0. The lowest BCUT2D eigenvalue weighted by atomic mass is 10.1. The Morgan fingerprint density at radius 2 is 2.07 bits per heavy atom. The molecule has 1 amide bonds. The molecule has 2 rings (SSSR count). The van der Waals surface area contributed by atoms with E-state index in [1.165, 1.54) is 11.0 Å². The van der Waals surface area contributed by atoms with Crippen LogP contribution in [-0.4, -0.2) is 18.4 Å². The second kappa shape index (κ2) is 3.73. The summed E-state index contributed by atoms with van der Waals surface area (Å²) in [6.45, 7) is 0.586. The molecule has 4 nitrogen and oxygen atoms in total. The molecule has 0 aromatic heterocycles. The summed E-state index contributed by atoms with van der Waals surface area (Å²) in [5.41, 5.74) is 0.521. The third-order valence-electron chi connectivity index (χ3n) is 2.49. The molecule has 0 radical (unpaired) electrons. The minimum absolute atomic E-state index is 0.0244. The first-order valence-corrected chi connectivity index (χ1v) is 4.81. The van der Waals surface area contributed by atoms with Crippen LogP contribution in [-0.2, 0) is 4.79 Å². The summed E-state index contributed by atoms with van der Waals surface area (Å²) in [5, 5.41) is 10.8. The summed E-state index contributed by atoms with van der Waals surface area (Å²) in [6.07, 6.45) is 1.27. The molecule has 1 aromatic carbocycles. The number of benzene rings is 1. The number of hydrogen-bond donors (Lipinski definition) is 0. The third kappa shape index (κ3) is 1.70. The first-order chi connectivity index (χ1) is 7.20. The average Bonchev–Trinajstić information content (AvgIpc) is 2.64. The number of hydrogen-bond acceptors (Lipinski definition) is 3. The Kier molecular flexibility index (Phi) is 2.41. The van der Waals surface area contributed by atoms with Crippen LogP contribution in [0.15, 0.2) is 24.3 Å². The van der Waals surface area contributed by atoms with Crippen LogP contribution >= 0.6 is 0 Å². The van der Waals surface area contributed by atoms with Crippen LogP contribution in [0.25, 0.3) is 0 Å². The highest BCUT2D eigenvalue weighted by Gasteiger charge is 2.23. The van der Waals surface area contributed by atoms with Gasteiger partial charge in [0.15, 0.2) is 0 Å². The Morgan fingerprint density at radius 3 is 2.67 bits per heavy atom. The van der Waals surface area contributed by atoms with Crippen molar-refractivity contribution in [1.29, 1.82) is 0 Å². The molecule has 1 aromatic rings. The fraction of sp³-hybridized carbons (Fsp3) is 0.273. The standard InChI is InChI=1S/C11H11NO3/c13-10-6-3-7-12(10)9-5-2-1-4-8(9)11(14)15/h1-2,4-5H,3,6-7H2,(H,14,15)/p-1. The molecule has 78 valence electrons. The van der Waals surface area contributed by atoms with Crippen LogP contribution in [0.3, 0.4) is 0 Å². The topological polar surface area (TPSA) is 60.4 Å². The molecule has 0 atom stereocenters. The number of carbonyl (C=O) groups is 2. The van der Waals surface area contributed by atoms with Crippen molar-refractivity contribution in [2.75, 3.05) is 11.4 Å². The van der Waals surface area contributed by atoms with Gasteiger partial charge in [-0.1, -0.05) is 18.2 Å². The van der Waals surface area contributed by atoms with Crippen molar-refractivity contribution in [2.24, 2.45) is 0 Å². The summed E-state index contributed by atoms with van der Waals surface area (Å²) in [4.78, 5) is 23.8. The molecule has 4 heteroatoms. The van der Waals surface area contributed by atoms with Crippen LogP contribution in [0.1, 0.15) is 23.2 Å². The average molecular weight is 204 g/mol. The second-order valence-corrected chi connectivity index (χ2v) is 3.45. The molecule has 15 heavy (non-hydrogen) atoms. The third-order valence-corrected chi connectivity index (χ3v) is 2.49. The second-order valence-electron chi connectivity index (χ2n) is 3.45. The molecule has 0 spiro atoms. The number of aromatic carboxylic acids is 1. The van der Waals surface area contributed by atoms with Gasteiger partial charge in [-0.05, 0) is 12.5 Å². The first kappa shape index (κ1) is 9.71. The van der Waals surface area contributed by atoms with E-state index < -0.39 is 5.97 Å². The lowest BCUT2D eigenvalue weighted by Gasteiger charge is -2.19. The van der Waals surface area contributed by atoms with Gasteiger partial charge in [0.05, 0.1) is 11.7 Å². The van der Waals surface area contributed by atoms with E-state index in [1.54, 1.807) is 18.2 Å². The number of carboxylic acids is 1. The maximum atomic E-state index is 11.5. The van der Waals surface area contributed by atoms with Gasteiger partial charge in [0.2, 0.25) is 5.91 Å². The molecule has 0 aliphatic carbocycles. The monoisotopic (exact) mass is 204 g/mol.